The molecule has 2 fully saturated rings. The van der Waals surface area contributed by atoms with Crippen LogP contribution in [0.3, 0.4) is 0 Å². The highest BCUT2D eigenvalue weighted by molar-refractivity contribution is 5.80. The summed E-state index contributed by atoms with van der Waals surface area (Å²) in [5, 5.41) is 10.3. The van der Waals surface area contributed by atoms with Crippen LogP contribution in [0.25, 0.3) is 0 Å². The van der Waals surface area contributed by atoms with Gasteiger partial charge >= 0.3 is 18.2 Å². The zero-order valence-corrected chi connectivity index (χ0v) is 17.9. The van der Waals surface area contributed by atoms with Crippen LogP contribution in [0, 0.1) is 12.3 Å². The van der Waals surface area contributed by atoms with E-state index < -0.39 is 23.8 Å². The summed E-state index contributed by atoms with van der Waals surface area (Å²) in [6, 6.07) is 3.19. The largest absolute Gasteiger partial charge is 0.480 e. The minimum Gasteiger partial charge on any atom is -0.480 e. The van der Waals surface area contributed by atoms with Crippen LogP contribution in [-0.4, -0.2) is 64.1 Å². The second-order valence-corrected chi connectivity index (χ2v) is 9.03. The number of nitrogens with zero attached hydrogens (tertiary/aromatic N) is 3. The van der Waals surface area contributed by atoms with Crippen molar-refractivity contribution in [1.29, 1.82) is 0 Å². The van der Waals surface area contributed by atoms with E-state index in [-0.39, 0.29) is 17.0 Å². The third-order valence-electron chi connectivity index (χ3n) is 6.79. The van der Waals surface area contributed by atoms with Crippen molar-refractivity contribution in [2.24, 2.45) is 5.41 Å². The highest BCUT2D eigenvalue weighted by Crippen LogP contribution is 2.41. The number of carbonyl (C=O) groups is 2. The standard InChI is InChI=1S/C22H27F3N4O3/c1-15-12-16(2-3-17(15)22(23,24)25)13-27-9-5-21(14-27)6-10-28(11-7-21)20(32)29-8-4-18(26-29)19(30)31/h2-4,8,12,18,26H,5-7,9-11,13-14H2,1H3,(H,30,31). The van der Waals surface area contributed by atoms with Gasteiger partial charge in [-0.2, -0.15) is 13.2 Å². The van der Waals surface area contributed by atoms with E-state index in [0.29, 0.717) is 19.6 Å². The van der Waals surface area contributed by atoms with Gasteiger partial charge in [-0.3, -0.25) is 9.69 Å². The molecule has 2 N–H and O–H groups in total. The Hall–Kier alpha value is -2.59. The van der Waals surface area contributed by atoms with E-state index >= 15 is 0 Å². The number of aliphatic carboxylic acids is 1. The lowest BCUT2D eigenvalue weighted by Gasteiger charge is -2.40. The van der Waals surface area contributed by atoms with Crippen LogP contribution in [0.4, 0.5) is 18.0 Å². The van der Waals surface area contributed by atoms with Crippen LogP contribution in [-0.2, 0) is 17.5 Å². The molecule has 3 aliphatic heterocycles. The van der Waals surface area contributed by atoms with E-state index in [0.717, 1.165) is 44.0 Å². The molecular formula is C22H27F3N4O3. The van der Waals surface area contributed by atoms with Crippen molar-refractivity contribution in [3.05, 3.63) is 47.2 Å². The number of carboxylic acid groups (broad SMARTS) is 1. The second-order valence-electron chi connectivity index (χ2n) is 9.03. The molecule has 1 aromatic rings. The molecule has 0 aromatic heterocycles. The molecule has 174 valence electrons. The molecule has 4 rings (SSSR count). The number of hydrogen-bond donors (Lipinski definition) is 2. The van der Waals surface area contributed by atoms with Crippen LogP contribution >= 0.6 is 0 Å². The normalized spacial score (nSPS) is 23.3. The number of hydrazine groups is 1. The molecule has 3 aliphatic rings. The van der Waals surface area contributed by atoms with E-state index in [9.17, 15) is 22.8 Å². The van der Waals surface area contributed by atoms with Crippen molar-refractivity contribution in [3.63, 3.8) is 0 Å². The molecule has 1 spiro atoms. The molecule has 0 saturated carbocycles. The zero-order valence-electron chi connectivity index (χ0n) is 17.9. The molecule has 0 aliphatic carbocycles. The van der Waals surface area contributed by atoms with Crippen LogP contribution < -0.4 is 5.43 Å². The van der Waals surface area contributed by atoms with Gasteiger partial charge in [0.25, 0.3) is 0 Å². The van der Waals surface area contributed by atoms with E-state index in [4.69, 9.17) is 5.11 Å². The molecule has 2 amide bonds. The Labute approximate surface area is 184 Å². The number of likely N-dealkylation sites (tertiary alicyclic amines) is 2. The zero-order chi connectivity index (χ0) is 23.1. The molecule has 10 heteroatoms. The minimum atomic E-state index is -4.33. The van der Waals surface area contributed by atoms with Gasteiger partial charge < -0.3 is 10.0 Å². The SMILES string of the molecule is Cc1cc(CN2CCC3(CCN(C(=O)N4C=CC(C(=O)O)N4)CC3)C2)ccc1C(F)(F)F. The number of alkyl halides is 3. The van der Waals surface area contributed by atoms with Crippen molar-refractivity contribution in [2.75, 3.05) is 26.2 Å². The summed E-state index contributed by atoms with van der Waals surface area (Å²) in [6.07, 6.45) is 1.25. The number of piperidine rings is 1. The first kappa shape index (κ1) is 22.6. The number of carboxylic acids is 1. The van der Waals surface area contributed by atoms with Gasteiger partial charge in [-0.05, 0) is 61.4 Å². The Morgan fingerprint density at radius 1 is 1.19 bits per heavy atom. The predicted molar refractivity (Wildman–Crippen MR) is 110 cm³/mol. The molecule has 2 saturated heterocycles. The monoisotopic (exact) mass is 452 g/mol. The third-order valence-corrected chi connectivity index (χ3v) is 6.79. The summed E-state index contributed by atoms with van der Waals surface area (Å²) in [6.45, 7) is 5.03. The molecule has 0 bridgehead atoms. The van der Waals surface area contributed by atoms with Gasteiger partial charge in [0.1, 0.15) is 6.04 Å². The van der Waals surface area contributed by atoms with Crippen LogP contribution in [0.5, 0.6) is 0 Å². The number of carbonyl (C=O) groups excluding carboxylic acids is 1. The number of aryl methyl sites for hydroxylation is 1. The van der Waals surface area contributed by atoms with Crippen LogP contribution in [0.1, 0.15) is 36.0 Å². The van der Waals surface area contributed by atoms with E-state index in [1.54, 1.807) is 17.0 Å². The number of benzene rings is 1. The van der Waals surface area contributed by atoms with E-state index in [1.807, 2.05) is 0 Å². The lowest BCUT2D eigenvalue weighted by molar-refractivity contribution is -0.139. The first-order chi connectivity index (χ1) is 15.1. The van der Waals surface area contributed by atoms with E-state index in [2.05, 4.69) is 10.3 Å². The summed E-state index contributed by atoms with van der Waals surface area (Å²) < 4.78 is 39.0. The van der Waals surface area contributed by atoms with Crippen molar-refractivity contribution in [1.82, 2.24) is 20.2 Å². The third kappa shape index (κ3) is 4.61. The fraction of sp³-hybridized carbons (Fsp3) is 0.545. The number of nitrogens with one attached hydrogen (secondary N) is 1. The van der Waals surface area contributed by atoms with Crippen molar-refractivity contribution in [3.8, 4) is 0 Å². The molecule has 1 atom stereocenters. The van der Waals surface area contributed by atoms with Crippen LogP contribution in [0.2, 0.25) is 0 Å². The Balaban J connectivity index is 1.30. The van der Waals surface area contributed by atoms with Gasteiger partial charge in [0.05, 0.1) is 5.56 Å². The summed E-state index contributed by atoms with van der Waals surface area (Å²) in [5.41, 5.74) is 3.29. The quantitative estimate of drug-likeness (QED) is 0.737. The van der Waals surface area contributed by atoms with Gasteiger partial charge in [-0.25, -0.2) is 15.2 Å². The van der Waals surface area contributed by atoms with Gasteiger partial charge in [0.15, 0.2) is 0 Å². The Morgan fingerprint density at radius 2 is 1.88 bits per heavy atom. The van der Waals surface area contributed by atoms with Crippen molar-refractivity contribution >= 4 is 12.0 Å². The molecule has 7 nitrogen and oxygen atoms in total. The Morgan fingerprint density at radius 3 is 2.47 bits per heavy atom. The molecule has 0 radical (unpaired) electrons. The molecule has 3 heterocycles. The van der Waals surface area contributed by atoms with Gasteiger partial charge in [-0.15, -0.1) is 0 Å². The number of urea groups is 1. The topological polar surface area (TPSA) is 76.1 Å². The first-order valence-electron chi connectivity index (χ1n) is 10.7. The van der Waals surface area contributed by atoms with Crippen molar-refractivity contribution < 1.29 is 27.9 Å². The average molecular weight is 452 g/mol. The van der Waals surface area contributed by atoms with E-state index in [1.165, 1.54) is 24.2 Å². The molecule has 1 aromatic carbocycles. The first-order valence-corrected chi connectivity index (χ1v) is 10.7. The van der Waals surface area contributed by atoms with Crippen LogP contribution in [0.15, 0.2) is 30.5 Å². The number of halogens is 3. The van der Waals surface area contributed by atoms with Gasteiger partial charge in [0, 0.05) is 32.4 Å². The molecule has 1 unspecified atom stereocenters. The summed E-state index contributed by atoms with van der Waals surface area (Å²) in [7, 11) is 0. The molecular weight excluding hydrogens is 425 g/mol. The predicted octanol–water partition coefficient (Wildman–Crippen LogP) is 3.21. The van der Waals surface area contributed by atoms with Crippen molar-refractivity contribution in [2.45, 2.75) is 44.9 Å². The molecule has 32 heavy (non-hydrogen) atoms. The average Bonchev–Trinajstić information content (AvgIpc) is 3.35. The minimum absolute atomic E-state index is 0.107. The summed E-state index contributed by atoms with van der Waals surface area (Å²) in [4.78, 5) is 27.7. The maximum Gasteiger partial charge on any atom is 0.416 e. The van der Waals surface area contributed by atoms with Gasteiger partial charge in [0.2, 0.25) is 0 Å². The second kappa shape index (κ2) is 8.40. The Kier molecular flexibility index (Phi) is 5.93. The summed E-state index contributed by atoms with van der Waals surface area (Å²) >= 11 is 0. The number of rotatable bonds is 3. The fourth-order valence-corrected chi connectivity index (χ4v) is 4.96. The maximum atomic E-state index is 13.0. The highest BCUT2D eigenvalue weighted by atomic mass is 19.4. The Bertz CT molecular complexity index is 925. The highest BCUT2D eigenvalue weighted by Gasteiger charge is 2.42. The lowest BCUT2D eigenvalue weighted by atomic mass is 9.78. The fourth-order valence-electron chi connectivity index (χ4n) is 4.96. The number of amides is 2. The smallest absolute Gasteiger partial charge is 0.416 e. The maximum absolute atomic E-state index is 13.0. The number of hydrogen-bond acceptors (Lipinski definition) is 4. The lowest BCUT2D eigenvalue weighted by Crippen LogP contribution is -2.52. The summed E-state index contributed by atoms with van der Waals surface area (Å²) in [5.74, 6) is -1.04. The van der Waals surface area contributed by atoms with Gasteiger partial charge in [-0.1, -0.05) is 12.1 Å².